The molecular weight excluding hydrogens is 468 g/mol. The van der Waals surface area contributed by atoms with E-state index in [1.165, 1.54) is 4.31 Å². The molecule has 0 atom stereocenters. The summed E-state index contributed by atoms with van der Waals surface area (Å²) in [7, 11) is -3.63. The number of amides is 1. The molecular formula is C25H28N4O5S. The molecule has 0 saturated carbocycles. The van der Waals surface area contributed by atoms with Crippen molar-refractivity contribution in [3.63, 3.8) is 0 Å². The van der Waals surface area contributed by atoms with E-state index in [9.17, 15) is 13.2 Å². The van der Waals surface area contributed by atoms with Crippen LogP contribution >= 0.6 is 0 Å². The summed E-state index contributed by atoms with van der Waals surface area (Å²) in [6.07, 6.45) is 5.80. The lowest BCUT2D eigenvalue weighted by atomic mass is 9.97. The van der Waals surface area contributed by atoms with Gasteiger partial charge >= 0.3 is 0 Å². The summed E-state index contributed by atoms with van der Waals surface area (Å²) in [5.74, 6) is 0.914. The van der Waals surface area contributed by atoms with Crippen molar-refractivity contribution in [2.24, 2.45) is 5.92 Å². The molecule has 1 aromatic carbocycles. The molecule has 3 aromatic rings. The molecule has 4 rings (SSSR count). The van der Waals surface area contributed by atoms with Gasteiger partial charge in [-0.05, 0) is 73.9 Å². The van der Waals surface area contributed by atoms with Crippen LogP contribution in [0.1, 0.15) is 25.3 Å². The summed E-state index contributed by atoms with van der Waals surface area (Å²) in [4.78, 5) is 21.4. The second-order valence-corrected chi connectivity index (χ2v) is 10.0. The van der Waals surface area contributed by atoms with Crippen LogP contribution in [-0.4, -0.2) is 48.3 Å². The van der Waals surface area contributed by atoms with Gasteiger partial charge in [-0.15, -0.1) is 0 Å². The zero-order valence-corrected chi connectivity index (χ0v) is 20.3. The number of hydrogen-bond donors (Lipinski definition) is 1. The van der Waals surface area contributed by atoms with E-state index in [-0.39, 0.29) is 29.8 Å². The molecule has 1 aliphatic heterocycles. The van der Waals surface area contributed by atoms with E-state index in [2.05, 4.69) is 15.3 Å². The molecule has 1 amide bonds. The van der Waals surface area contributed by atoms with Crippen molar-refractivity contribution in [2.75, 3.05) is 25.0 Å². The number of nitrogens with zero attached hydrogens (tertiary/aromatic N) is 3. The standard InChI is InChI=1S/C25H28N4O5S/c1-2-33-21-5-7-22(8-6-21)35(31,32)29-16-11-20(12-17-29)25(30)28-24-23(4-3-13-27-24)34-18-19-9-14-26-15-10-19/h3-10,13-15,20H,2,11-12,16-18H2,1H3,(H,27,28,30). The van der Waals surface area contributed by atoms with Crippen molar-refractivity contribution in [3.05, 3.63) is 72.7 Å². The third-order valence-corrected chi connectivity index (χ3v) is 7.67. The maximum atomic E-state index is 13.0. The lowest BCUT2D eigenvalue weighted by Gasteiger charge is -2.30. The minimum absolute atomic E-state index is 0.199. The maximum Gasteiger partial charge on any atom is 0.243 e. The Kier molecular flexibility index (Phi) is 7.94. The average molecular weight is 497 g/mol. The third-order valence-electron chi connectivity index (χ3n) is 5.75. The van der Waals surface area contributed by atoms with Crippen LogP contribution in [0.2, 0.25) is 0 Å². The first-order valence-electron chi connectivity index (χ1n) is 11.5. The molecule has 35 heavy (non-hydrogen) atoms. The van der Waals surface area contributed by atoms with Crippen molar-refractivity contribution < 1.29 is 22.7 Å². The van der Waals surface area contributed by atoms with E-state index in [1.54, 1.807) is 55.0 Å². The zero-order valence-electron chi connectivity index (χ0n) is 19.5. The molecule has 1 N–H and O–H groups in total. The highest BCUT2D eigenvalue weighted by Crippen LogP contribution is 2.28. The average Bonchev–Trinajstić information content (AvgIpc) is 2.89. The summed E-state index contributed by atoms with van der Waals surface area (Å²) < 4.78 is 38.7. The van der Waals surface area contributed by atoms with E-state index >= 15 is 0 Å². The number of ether oxygens (including phenoxy) is 2. The first kappa shape index (κ1) is 24.6. The molecule has 10 heteroatoms. The quantitative estimate of drug-likeness (QED) is 0.483. The zero-order chi connectivity index (χ0) is 24.7. The van der Waals surface area contributed by atoms with Crippen molar-refractivity contribution >= 4 is 21.7 Å². The molecule has 0 radical (unpaired) electrons. The number of rotatable bonds is 9. The molecule has 0 unspecified atom stereocenters. The van der Waals surface area contributed by atoms with E-state index in [1.807, 2.05) is 19.1 Å². The second kappa shape index (κ2) is 11.3. The number of piperidine rings is 1. The third kappa shape index (κ3) is 6.14. The van der Waals surface area contributed by atoms with Gasteiger partial charge in [-0.1, -0.05) is 0 Å². The number of nitrogens with one attached hydrogen (secondary N) is 1. The van der Waals surface area contributed by atoms with Gasteiger partial charge in [0.25, 0.3) is 0 Å². The maximum absolute atomic E-state index is 13.0. The summed E-state index contributed by atoms with van der Waals surface area (Å²) in [6, 6.07) is 13.6. The summed E-state index contributed by atoms with van der Waals surface area (Å²) in [5.41, 5.74) is 0.947. The van der Waals surface area contributed by atoms with Crippen LogP contribution in [-0.2, 0) is 21.4 Å². The predicted molar refractivity (Wildman–Crippen MR) is 131 cm³/mol. The Labute approximate surface area is 205 Å². The highest BCUT2D eigenvalue weighted by molar-refractivity contribution is 7.89. The van der Waals surface area contributed by atoms with Crippen LogP contribution in [0.5, 0.6) is 11.5 Å². The van der Waals surface area contributed by atoms with Gasteiger partial charge in [0.1, 0.15) is 12.4 Å². The molecule has 1 saturated heterocycles. The van der Waals surface area contributed by atoms with Crippen molar-refractivity contribution in [3.8, 4) is 11.5 Å². The molecule has 1 aliphatic rings. The number of hydrogen-bond acceptors (Lipinski definition) is 7. The number of aromatic nitrogens is 2. The van der Waals surface area contributed by atoms with Gasteiger partial charge in [0.2, 0.25) is 15.9 Å². The molecule has 0 spiro atoms. The fourth-order valence-corrected chi connectivity index (χ4v) is 5.31. The lowest BCUT2D eigenvalue weighted by Crippen LogP contribution is -2.41. The van der Waals surface area contributed by atoms with Crippen LogP contribution in [0.3, 0.4) is 0 Å². The van der Waals surface area contributed by atoms with Gasteiger partial charge in [0.15, 0.2) is 11.6 Å². The van der Waals surface area contributed by atoms with Gasteiger partial charge in [-0.2, -0.15) is 4.31 Å². The minimum atomic E-state index is -3.63. The van der Waals surface area contributed by atoms with Crippen molar-refractivity contribution in [1.82, 2.24) is 14.3 Å². The first-order chi connectivity index (χ1) is 17.0. The van der Waals surface area contributed by atoms with Gasteiger partial charge in [0, 0.05) is 37.6 Å². The molecule has 0 aliphatic carbocycles. The summed E-state index contributed by atoms with van der Waals surface area (Å²) in [5, 5.41) is 2.85. The van der Waals surface area contributed by atoms with Crippen molar-refractivity contribution in [2.45, 2.75) is 31.3 Å². The molecule has 0 bridgehead atoms. The van der Waals surface area contributed by atoms with Gasteiger partial charge in [0.05, 0.1) is 11.5 Å². The Bertz CT molecular complexity index is 1230. The first-order valence-corrected chi connectivity index (χ1v) is 12.9. The monoisotopic (exact) mass is 496 g/mol. The Morgan fingerprint density at radius 1 is 1.03 bits per heavy atom. The number of sulfonamides is 1. The number of carbonyl (C=O) groups excluding carboxylic acids is 1. The highest BCUT2D eigenvalue weighted by Gasteiger charge is 2.32. The second-order valence-electron chi connectivity index (χ2n) is 8.07. The van der Waals surface area contributed by atoms with E-state index < -0.39 is 10.0 Å². The van der Waals surface area contributed by atoms with E-state index in [0.29, 0.717) is 43.4 Å². The van der Waals surface area contributed by atoms with Crippen LogP contribution in [0, 0.1) is 5.92 Å². The van der Waals surface area contributed by atoms with Crippen molar-refractivity contribution in [1.29, 1.82) is 0 Å². The van der Waals surface area contributed by atoms with Gasteiger partial charge in [-0.25, -0.2) is 13.4 Å². The summed E-state index contributed by atoms with van der Waals surface area (Å²) in [6.45, 7) is 3.23. The lowest BCUT2D eigenvalue weighted by molar-refractivity contribution is -0.120. The van der Waals surface area contributed by atoms with Crippen LogP contribution in [0.25, 0.3) is 0 Å². The van der Waals surface area contributed by atoms with E-state index in [0.717, 1.165) is 5.56 Å². The number of benzene rings is 1. The number of pyridine rings is 2. The fraction of sp³-hybridized carbons (Fsp3) is 0.320. The van der Waals surface area contributed by atoms with E-state index in [4.69, 9.17) is 9.47 Å². The molecule has 1 fully saturated rings. The minimum Gasteiger partial charge on any atom is -0.494 e. The fourth-order valence-electron chi connectivity index (χ4n) is 3.84. The molecule has 3 heterocycles. The van der Waals surface area contributed by atoms with Gasteiger partial charge < -0.3 is 14.8 Å². The normalized spacial score (nSPS) is 14.9. The molecule has 2 aromatic heterocycles. The Balaban J connectivity index is 1.34. The Morgan fingerprint density at radius 3 is 2.43 bits per heavy atom. The molecule has 9 nitrogen and oxygen atoms in total. The highest BCUT2D eigenvalue weighted by atomic mass is 32.2. The largest absolute Gasteiger partial charge is 0.494 e. The molecule has 184 valence electrons. The number of anilines is 1. The smallest absolute Gasteiger partial charge is 0.243 e. The Hall–Kier alpha value is -3.50. The van der Waals surface area contributed by atoms with Crippen LogP contribution < -0.4 is 14.8 Å². The summed E-state index contributed by atoms with van der Waals surface area (Å²) >= 11 is 0. The predicted octanol–water partition coefficient (Wildman–Crippen LogP) is 3.49. The SMILES string of the molecule is CCOc1ccc(S(=O)(=O)N2CCC(C(=O)Nc3ncccc3OCc3ccncc3)CC2)cc1. The number of carbonyl (C=O) groups is 1. The Morgan fingerprint density at radius 2 is 1.74 bits per heavy atom. The topological polar surface area (TPSA) is 111 Å². The van der Waals surface area contributed by atoms with Crippen LogP contribution in [0.4, 0.5) is 5.82 Å². The van der Waals surface area contributed by atoms with Crippen LogP contribution in [0.15, 0.2) is 72.0 Å². The van der Waals surface area contributed by atoms with Gasteiger partial charge in [-0.3, -0.25) is 9.78 Å².